The van der Waals surface area contributed by atoms with Gasteiger partial charge in [0.1, 0.15) is 12.1 Å². The van der Waals surface area contributed by atoms with Crippen molar-refractivity contribution in [1.82, 2.24) is 9.97 Å². The van der Waals surface area contributed by atoms with Gasteiger partial charge in [0.05, 0.1) is 3.57 Å². The fraction of sp³-hybridized carbons (Fsp3) is 0.167. The lowest BCUT2D eigenvalue weighted by molar-refractivity contribution is 1.13. The molecular formula is C12H12IN3. The maximum absolute atomic E-state index is 4.20. The van der Waals surface area contributed by atoms with Gasteiger partial charge in [-0.15, -0.1) is 0 Å². The van der Waals surface area contributed by atoms with E-state index in [2.05, 4.69) is 63.0 Å². The van der Waals surface area contributed by atoms with Crippen LogP contribution in [0.5, 0.6) is 0 Å². The second kappa shape index (κ2) is 5.25. The van der Waals surface area contributed by atoms with Crippen LogP contribution in [-0.2, 0) is 6.42 Å². The van der Waals surface area contributed by atoms with Gasteiger partial charge in [0.15, 0.2) is 0 Å². The van der Waals surface area contributed by atoms with Gasteiger partial charge in [-0.2, -0.15) is 0 Å². The lowest BCUT2D eigenvalue weighted by Crippen LogP contribution is -1.97. The average molecular weight is 325 g/mol. The second-order valence-electron chi connectivity index (χ2n) is 3.40. The summed E-state index contributed by atoms with van der Waals surface area (Å²) in [6.45, 7) is 2.15. The van der Waals surface area contributed by atoms with Crippen molar-refractivity contribution in [2.75, 3.05) is 5.32 Å². The third-order valence-electron chi connectivity index (χ3n) is 2.27. The van der Waals surface area contributed by atoms with E-state index in [0.717, 1.165) is 21.5 Å². The smallest absolute Gasteiger partial charge is 0.147 e. The lowest BCUT2D eigenvalue weighted by atomic mass is 10.1. The standard InChI is InChI=1S/C12H12IN3/c1-2-9-4-3-5-10(6-9)16-12-11(13)7-14-8-15-12/h3-8H,2H2,1H3,(H,14,15,16). The molecule has 1 aromatic heterocycles. The Labute approximate surface area is 108 Å². The van der Waals surface area contributed by atoms with Crippen LogP contribution in [0.3, 0.4) is 0 Å². The summed E-state index contributed by atoms with van der Waals surface area (Å²) in [5, 5.41) is 3.29. The molecule has 0 aliphatic carbocycles. The van der Waals surface area contributed by atoms with Crippen molar-refractivity contribution < 1.29 is 0 Å². The molecule has 16 heavy (non-hydrogen) atoms. The number of hydrogen-bond donors (Lipinski definition) is 1. The van der Waals surface area contributed by atoms with Crippen LogP contribution in [-0.4, -0.2) is 9.97 Å². The first kappa shape index (κ1) is 11.3. The van der Waals surface area contributed by atoms with Crippen molar-refractivity contribution in [1.29, 1.82) is 0 Å². The van der Waals surface area contributed by atoms with Crippen LogP contribution in [0, 0.1) is 3.57 Å². The van der Waals surface area contributed by atoms with Crippen LogP contribution in [0.4, 0.5) is 11.5 Å². The molecule has 2 rings (SSSR count). The molecule has 0 unspecified atom stereocenters. The predicted molar refractivity (Wildman–Crippen MR) is 73.9 cm³/mol. The minimum atomic E-state index is 0.851. The SMILES string of the molecule is CCc1cccc(Nc2ncncc2I)c1. The molecule has 0 radical (unpaired) electrons. The van der Waals surface area contributed by atoms with E-state index in [4.69, 9.17) is 0 Å². The molecule has 0 atom stereocenters. The molecule has 0 amide bonds. The molecule has 4 heteroatoms. The average Bonchev–Trinajstić information content (AvgIpc) is 2.32. The molecule has 0 fully saturated rings. The topological polar surface area (TPSA) is 37.8 Å². The number of anilines is 2. The summed E-state index contributed by atoms with van der Waals surface area (Å²) in [6.07, 6.45) is 4.38. The Balaban J connectivity index is 2.24. The van der Waals surface area contributed by atoms with Gasteiger partial charge in [-0.3, -0.25) is 0 Å². The monoisotopic (exact) mass is 325 g/mol. The summed E-state index contributed by atoms with van der Waals surface area (Å²) in [5.74, 6) is 0.851. The number of nitrogens with zero attached hydrogens (tertiary/aromatic N) is 2. The van der Waals surface area contributed by atoms with Crippen LogP contribution in [0.2, 0.25) is 0 Å². The van der Waals surface area contributed by atoms with Gasteiger partial charge in [-0.05, 0) is 46.7 Å². The summed E-state index contributed by atoms with van der Waals surface area (Å²) in [4.78, 5) is 8.16. The summed E-state index contributed by atoms with van der Waals surface area (Å²) in [5.41, 5.74) is 2.38. The number of rotatable bonds is 3. The molecule has 0 aliphatic rings. The molecule has 3 nitrogen and oxygen atoms in total. The zero-order valence-electron chi connectivity index (χ0n) is 8.94. The van der Waals surface area contributed by atoms with Crippen molar-refractivity contribution in [2.24, 2.45) is 0 Å². The highest BCUT2D eigenvalue weighted by Gasteiger charge is 2.01. The van der Waals surface area contributed by atoms with Gasteiger partial charge in [0, 0.05) is 11.9 Å². The summed E-state index contributed by atoms with van der Waals surface area (Å²) in [6, 6.07) is 8.35. The first-order valence-electron chi connectivity index (χ1n) is 5.11. The maximum Gasteiger partial charge on any atom is 0.147 e. The van der Waals surface area contributed by atoms with Gasteiger partial charge in [0.2, 0.25) is 0 Å². The molecule has 1 aromatic carbocycles. The van der Waals surface area contributed by atoms with E-state index in [1.54, 1.807) is 12.5 Å². The van der Waals surface area contributed by atoms with Crippen LogP contribution < -0.4 is 5.32 Å². The second-order valence-corrected chi connectivity index (χ2v) is 4.56. The third-order valence-corrected chi connectivity index (χ3v) is 3.06. The largest absolute Gasteiger partial charge is 0.339 e. The third kappa shape index (κ3) is 2.69. The molecule has 0 bridgehead atoms. The zero-order valence-corrected chi connectivity index (χ0v) is 11.1. The number of aromatic nitrogens is 2. The molecule has 1 N–H and O–H groups in total. The van der Waals surface area contributed by atoms with E-state index >= 15 is 0 Å². The fourth-order valence-electron chi connectivity index (χ4n) is 1.41. The van der Waals surface area contributed by atoms with Crippen molar-refractivity contribution >= 4 is 34.1 Å². The van der Waals surface area contributed by atoms with Crippen LogP contribution in [0.15, 0.2) is 36.8 Å². The molecule has 0 saturated carbocycles. The molecular weight excluding hydrogens is 313 g/mol. The van der Waals surface area contributed by atoms with Crippen molar-refractivity contribution in [3.8, 4) is 0 Å². The van der Waals surface area contributed by atoms with Crippen LogP contribution >= 0.6 is 22.6 Å². The van der Waals surface area contributed by atoms with Crippen molar-refractivity contribution in [2.45, 2.75) is 13.3 Å². The lowest BCUT2D eigenvalue weighted by Gasteiger charge is -2.07. The number of benzene rings is 1. The van der Waals surface area contributed by atoms with E-state index in [1.165, 1.54) is 5.56 Å². The van der Waals surface area contributed by atoms with Crippen molar-refractivity contribution in [3.05, 3.63) is 45.9 Å². The minimum Gasteiger partial charge on any atom is -0.339 e. The van der Waals surface area contributed by atoms with Gasteiger partial charge in [-0.1, -0.05) is 19.1 Å². The van der Waals surface area contributed by atoms with E-state index in [9.17, 15) is 0 Å². The first-order valence-corrected chi connectivity index (χ1v) is 6.19. The van der Waals surface area contributed by atoms with E-state index < -0.39 is 0 Å². The number of hydrogen-bond acceptors (Lipinski definition) is 3. The van der Waals surface area contributed by atoms with Gasteiger partial charge >= 0.3 is 0 Å². The molecule has 82 valence electrons. The van der Waals surface area contributed by atoms with Gasteiger partial charge < -0.3 is 5.32 Å². The summed E-state index contributed by atoms with van der Waals surface area (Å²) >= 11 is 2.22. The Bertz CT molecular complexity index is 485. The summed E-state index contributed by atoms with van der Waals surface area (Å²) in [7, 11) is 0. The number of halogens is 1. The molecule has 2 aromatic rings. The predicted octanol–water partition coefficient (Wildman–Crippen LogP) is 3.39. The Morgan fingerprint density at radius 1 is 1.38 bits per heavy atom. The number of nitrogens with one attached hydrogen (secondary N) is 1. The zero-order chi connectivity index (χ0) is 11.4. The highest BCUT2D eigenvalue weighted by molar-refractivity contribution is 14.1. The van der Waals surface area contributed by atoms with Gasteiger partial charge in [0.25, 0.3) is 0 Å². The first-order chi connectivity index (χ1) is 7.79. The van der Waals surface area contributed by atoms with E-state index in [1.807, 2.05) is 6.07 Å². The maximum atomic E-state index is 4.20. The van der Waals surface area contributed by atoms with Crippen molar-refractivity contribution in [3.63, 3.8) is 0 Å². The number of aryl methyl sites for hydroxylation is 1. The highest BCUT2D eigenvalue weighted by atomic mass is 127. The molecule has 0 aliphatic heterocycles. The normalized spacial score (nSPS) is 10.1. The Morgan fingerprint density at radius 2 is 2.25 bits per heavy atom. The summed E-state index contributed by atoms with van der Waals surface area (Å²) < 4.78 is 1.02. The van der Waals surface area contributed by atoms with Gasteiger partial charge in [-0.25, -0.2) is 9.97 Å². The van der Waals surface area contributed by atoms with Crippen LogP contribution in [0.1, 0.15) is 12.5 Å². The highest BCUT2D eigenvalue weighted by Crippen LogP contribution is 2.19. The quantitative estimate of drug-likeness (QED) is 0.879. The Hall–Kier alpha value is -1.17. The fourth-order valence-corrected chi connectivity index (χ4v) is 1.85. The van der Waals surface area contributed by atoms with Crippen LogP contribution in [0.25, 0.3) is 0 Å². The van der Waals surface area contributed by atoms with E-state index in [-0.39, 0.29) is 0 Å². The minimum absolute atomic E-state index is 0.851. The van der Waals surface area contributed by atoms with E-state index in [0.29, 0.717) is 0 Å². The molecule has 1 heterocycles. The molecule has 0 saturated heterocycles. The molecule has 0 spiro atoms. The Morgan fingerprint density at radius 3 is 3.00 bits per heavy atom. The Kier molecular flexibility index (Phi) is 3.71.